The Hall–Kier alpha value is -1.65. The van der Waals surface area contributed by atoms with E-state index in [2.05, 4.69) is 39.8 Å². The summed E-state index contributed by atoms with van der Waals surface area (Å²) >= 11 is 0. The first-order valence-corrected chi connectivity index (χ1v) is 9.27. The van der Waals surface area contributed by atoms with Gasteiger partial charge >= 0.3 is 5.97 Å². The molecule has 1 saturated heterocycles. The average molecular weight is 358 g/mol. The van der Waals surface area contributed by atoms with Crippen LogP contribution in [0.5, 0.6) is 0 Å². The maximum atomic E-state index is 11.2. The van der Waals surface area contributed by atoms with E-state index in [1.807, 2.05) is 19.9 Å². The fourth-order valence-electron chi connectivity index (χ4n) is 6.14. The molecule has 142 valence electrons. The molecule has 0 aromatic heterocycles. The van der Waals surface area contributed by atoms with Gasteiger partial charge in [-0.15, -0.1) is 0 Å². The topological polar surface area (TPSA) is 66.8 Å². The van der Waals surface area contributed by atoms with Gasteiger partial charge in [0.2, 0.25) is 0 Å². The maximum Gasteiger partial charge on any atom is 0.328 e. The number of allylic oxidation sites excluding steroid dienone is 2. The second-order valence-electron chi connectivity index (χ2n) is 8.65. The maximum absolute atomic E-state index is 11.2. The number of aliphatic hydroxyl groups is 1. The normalized spacial score (nSPS) is 44.9. The number of aliphatic hydroxyl groups excluding tert-OH is 1. The lowest BCUT2D eigenvalue weighted by Gasteiger charge is -2.52. The number of rotatable bonds is 4. The number of carbonyl (C=O) groups is 1. The Morgan fingerprint density at radius 3 is 2.46 bits per heavy atom. The predicted molar refractivity (Wildman–Crippen MR) is 102 cm³/mol. The van der Waals surface area contributed by atoms with Gasteiger partial charge in [0, 0.05) is 28.2 Å². The van der Waals surface area contributed by atoms with Gasteiger partial charge in [-0.3, -0.25) is 0 Å². The molecule has 0 saturated carbocycles. The molecule has 0 bridgehead atoms. The Balaban J connectivity index is 2.24. The van der Waals surface area contributed by atoms with Crippen molar-refractivity contribution < 1.29 is 19.7 Å². The molecule has 2 aliphatic carbocycles. The summed E-state index contributed by atoms with van der Waals surface area (Å²) < 4.78 is 6.58. The third-order valence-corrected chi connectivity index (χ3v) is 7.23. The molecule has 0 aromatic rings. The number of ether oxygens (including phenoxy) is 1. The van der Waals surface area contributed by atoms with Crippen molar-refractivity contribution in [3.63, 3.8) is 0 Å². The van der Waals surface area contributed by atoms with E-state index in [4.69, 9.17) is 9.84 Å². The molecule has 0 aromatic carbocycles. The monoisotopic (exact) mass is 358 g/mol. The summed E-state index contributed by atoms with van der Waals surface area (Å²) in [5.74, 6) is -1.01. The first-order valence-electron chi connectivity index (χ1n) is 9.27. The standard InChI is InChI=1S/C22H30O4/c1-7-13(2)18-20(5)10-14(3)17-21(20,6)19(26-18)15(4)11-22(17,12-23)9-8-16(24)25/h7-11,17-19,23H,12H2,1-6H3,(H,24,25)/b9-8-,13-7-/t17-,18+,19-,20-,21+,22+/m0/s1. The van der Waals surface area contributed by atoms with E-state index in [0.29, 0.717) is 0 Å². The van der Waals surface area contributed by atoms with Gasteiger partial charge < -0.3 is 14.9 Å². The molecule has 1 aliphatic heterocycles. The fourth-order valence-corrected chi connectivity index (χ4v) is 6.14. The number of carboxylic acids is 1. The van der Waals surface area contributed by atoms with Crippen molar-refractivity contribution in [3.8, 4) is 0 Å². The van der Waals surface area contributed by atoms with Gasteiger partial charge in [0.05, 0.1) is 18.8 Å². The SMILES string of the molecule is C/C=C(/C)[C@H]1O[C@H]2C(C)=C[C@](/C=C\C(=O)O)(CO)[C@H]3C(C)=C[C@]1(C)[C@@]23C. The van der Waals surface area contributed by atoms with Crippen LogP contribution in [0.2, 0.25) is 0 Å². The molecule has 1 fully saturated rings. The largest absolute Gasteiger partial charge is 0.478 e. The number of aliphatic carboxylic acids is 1. The van der Waals surface area contributed by atoms with E-state index in [-0.39, 0.29) is 35.6 Å². The zero-order valence-electron chi connectivity index (χ0n) is 16.5. The Kier molecular flexibility index (Phi) is 4.36. The lowest BCUT2D eigenvalue weighted by Crippen LogP contribution is -2.53. The summed E-state index contributed by atoms with van der Waals surface area (Å²) in [6.07, 6.45) is 9.20. The number of carboxylic acid groups (broad SMARTS) is 1. The Labute approximate surface area is 155 Å². The molecule has 3 rings (SSSR count). The highest BCUT2D eigenvalue weighted by molar-refractivity contribution is 5.80. The summed E-state index contributed by atoms with van der Waals surface area (Å²) in [6.45, 7) is 12.6. The van der Waals surface area contributed by atoms with E-state index < -0.39 is 11.4 Å². The first kappa shape index (κ1) is 19.1. The van der Waals surface area contributed by atoms with Gasteiger partial charge in [-0.25, -0.2) is 4.79 Å². The summed E-state index contributed by atoms with van der Waals surface area (Å²) in [4.78, 5) is 11.2. The van der Waals surface area contributed by atoms with Crippen LogP contribution >= 0.6 is 0 Å². The summed E-state index contributed by atoms with van der Waals surface area (Å²) in [5, 5.41) is 19.5. The molecule has 2 N–H and O–H groups in total. The van der Waals surface area contributed by atoms with Crippen LogP contribution in [-0.2, 0) is 9.53 Å². The number of hydrogen-bond donors (Lipinski definition) is 2. The van der Waals surface area contributed by atoms with Gasteiger partial charge in [0.25, 0.3) is 0 Å². The smallest absolute Gasteiger partial charge is 0.328 e. The van der Waals surface area contributed by atoms with Crippen molar-refractivity contribution in [2.75, 3.05) is 6.61 Å². The zero-order valence-corrected chi connectivity index (χ0v) is 16.5. The Morgan fingerprint density at radius 1 is 1.27 bits per heavy atom. The molecule has 26 heavy (non-hydrogen) atoms. The van der Waals surface area contributed by atoms with Crippen LogP contribution in [0.1, 0.15) is 41.5 Å². The van der Waals surface area contributed by atoms with Crippen LogP contribution in [0.25, 0.3) is 0 Å². The van der Waals surface area contributed by atoms with Crippen LogP contribution in [-0.4, -0.2) is 35.0 Å². The highest BCUT2D eigenvalue weighted by Crippen LogP contribution is 2.71. The molecular formula is C22H30O4. The Bertz CT molecular complexity index is 758. The third kappa shape index (κ3) is 2.18. The van der Waals surface area contributed by atoms with E-state index in [1.165, 1.54) is 11.1 Å². The quantitative estimate of drug-likeness (QED) is 0.591. The predicted octanol–water partition coefficient (Wildman–Crippen LogP) is 3.89. The number of hydrogen-bond acceptors (Lipinski definition) is 3. The van der Waals surface area contributed by atoms with Gasteiger partial charge in [-0.2, -0.15) is 0 Å². The van der Waals surface area contributed by atoms with Crippen molar-refractivity contribution in [2.45, 2.75) is 53.8 Å². The minimum Gasteiger partial charge on any atom is -0.478 e. The van der Waals surface area contributed by atoms with E-state index >= 15 is 0 Å². The zero-order chi connectivity index (χ0) is 19.5. The Morgan fingerprint density at radius 2 is 1.92 bits per heavy atom. The molecule has 4 heteroatoms. The van der Waals surface area contributed by atoms with Crippen LogP contribution < -0.4 is 0 Å². The molecule has 0 spiro atoms. The van der Waals surface area contributed by atoms with Crippen LogP contribution in [0, 0.1) is 22.2 Å². The van der Waals surface area contributed by atoms with Crippen LogP contribution in [0.4, 0.5) is 0 Å². The van der Waals surface area contributed by atoms with Gasteiger partial charge in [0.15, 0.2) is 0 Å². The fraction of sp³-hybridized carbons (Fsp3) is 0.591. The van der Waals surface area contributed by atoms with Crippen molar-refractivity contribution in [1.29, 1.82) is 0 Å². The second kappa shape index (κ2) is 5.93. The van der Waals surface area contributed by atoms with E-state index in [0.717, 1.165) is 11.6 Å². The van der Waals surface area contributed by atoms with Gasteiger partial charge in [-0.05, 0) is 38.8 Å². The van der Waals surface area contributed by atoms with E-state index in [9.17, 15) is 9.90 Å². The molecule has 0 amide bonds. The molecule has 3 aliphatic rings. The molecular weight excluding hydrogens is 328 g/mol. The minimum absolute atomic E-state index is 0.0102. The molecule has 4 nitrogen and oxygen atoms in total. The highest BCUT2D eigenvalue weighted by Gasteiger charge is 2.71. The van der Waals surface area contributed by atoms with E-state index in [1.54, 1.807) is 6.08 Å². The minimum atomic E-state index is -0.996. The molecule has 0 radical (unpaired) electrons. The van der Waals surface area contributed by atoms with Crippen molar-refractivity contribution >= 4 is 5.97 Å². The summed E-state index contributed by atoms with van der Waals surface area (Å²) in [7, 11) is 0. The van der Waals surface area contributed by atoms with Crippen LogP contribution in [0.15, 0.2) is 47.1 Å². The van der Waals surface area contributed by atoms with Crippen molar-refractivity contribution in [2.24, 2.45) is 22.2 Å². The average Bonchev–Trinajstić information content (AvgIpc) is 2.93. The summed E-state index contributed by atoms with van der Waals surface area (Å²) in [5.41, 5.74) is 2.27. The second-order valence-corrected chi connectivity index (χ2v) is 8.65. The van der Waals surface area contributed by atoms with Gasteiger partial charge in [-0.1, -0.05) is 43.7 Å². The molecule has 0 unspecified atom stereocenters. The first-order chi connectivity index (χ1) is 12.1. The molecule has 1 heterocycles. The lowest BCUT2D eigenvalue weighted by atomic mass is 9.49. The highest BCUT2D eigenvalue weighted by atomic mass is 16.5. The summed E-state index contributed by atoms with van der Waals surface area (Å²) in [6, 6.07) is 0. The third-order valence-electron chi connectivity index (χ3n) is 7.23. The van der Waals surface area contributed by atoms with Gasteiger partial charge in [0.1, 0.15) is 0 Å². The molecule has 6 atom stereocenters. The van der Waals surface area contributed by atoms with Crippen LogP contribution in [0.3, 0.4) is 0 Å². The lowest BCUT2D eigenvalue weighted by molar-refractivity contribution is -0.131. The van der Waals surface area contributed by atoms with Crippen molar-refractivity contribution in [3.05, 3.63) is 47.1 Å². The van der Waals surface area contributed by atoms with Crippen molar-refractivity contribution in [1.82, 2.24) is 0 Å².